The zero-order valence-electron chi connectivity index (χ0n) is 15.7. The lowest BCUT2D eigenvalue weighted by Crippen LogP contribution is -1.88. The van der Waals surface area contributed by atoms with Gasteiger partial charge < -0.3 is 0 Å². The van der Waals surface area contributed by atoms with Crippen molar-refractivity contribution in [1.29, 1.82) is 0 Å². The van der Waals surface area contributed by atoms with Crippen LogP contribution in [-0.4, -0.2) is 4.20 Å². The fourth-order valence-electron chi connectivity index (χ4n) is 3.96. The van der Waals surface area contributed by atoms with Crippen LogP contribution in [0.25, 0.3) is 43.8 Å². The van der Waals surface area contributed by atoms with Crippen molar-refractivity contribution in [3.8, 4) is 22.3 Å². The Labute approximate surface area is 181 Å². The molecule has 0 atom stereocenters. The van der Waals surface area contributed by atoms with Gasteiger partial charge in [-0.3, -0.25) is 0 Å². The Hall–Kier alpha value is -2.94. The van der Waals surface area contributed by atoms with Crippen molar-refractivity contribution >= 4 is 50.6 Å². The van der Waals surface area contributed by atoms with Crippen molar-refractivity contribution in [3.63, 3.8) is 0 Å². The van der Waals surface area contributed by atoms with E-state index in [9.17, 15) is 0 Å². The molecule has 0 amide bonds. The molecule has 0 radical (unpaired) electrons. The normalized spacial score (nSPS) is 11.1. The summed E-state index contributed by atoms with van der Waals surface area (Å²) in [5, 5.41) is 5.10. The van der Waals surface area contributed by atoms with Gasteiger partial charge in [0.15, 0.2) is 0 Å². The van der Waals surface area contributed by atoms with Gasteiger partial charge >= 0.3 is 0 Å². The van der Waals surface area contributed by atoms with Crippen LogP contribution in [0.1, 0.15) is 5.56 Å². The molecule has 5 rings (SSSR count). The van der Waals surface area contributed by atoms with Gasteiger partial charge in [-0.25, -0.2) is 0 Å². The smallest absolute Gasteiger partial charge is 0.0747 e. The highest BCUT2D eigenvalue weighted by molar-refractivity contribution is 8.11. The van der Waals surface area contributed by atoms with Crippen LogP contribution < -0.4 is 0 Å². The monoisotopic (exact) mass is 406 g/mol. The van der Waals surface area contributed by atoms with Gasteiger partial charge in [-0.1, -0.05) is 109 Å². The summed E-state index contributed by atoms with van der Waals surface area (Å²) < 4.78 is 0.620. The zero-order valence-corrected chi connectivity index (χ0v) is 17.4. The van der Waals surface area contributed by atoms with E-state index in [1.807, 2.05) is 12.1 Å². The molecule has 0 saturated carbocycles. The Kier molecular flexibility index (Phi) is 4.67. The number of rotatable bonds is 3. The van der Waals surface area contributed by atoms with Gasteiger partial charge in [-0.15, -0.1) is 12.6 Å². The molecule has 0 aliphatic heterocycles. The van der Waals surface area contributed by atoms with Crippen LogP contribution in [0.5, 0.6) is 0 Å². The van der Waals surface area contributed by atoms with Crippen LogP contribution in [0.4, 0.5) is 0 Å². The van der Waals surface area contributed by atoms with E-state index in [0.717, 1.165) is 5.56 Å². The van der Waals surface area contributed by atoms with Crippen molar-refractivity contribution in [3.05, 3.63) is 109 Å². The molecule has 0 spiro atoms. The number of hydrogen-bond acceptors (Lipinski definition) is 1. The Balaban J connectivity index is 1.64. The summed E-state index contributed by atoms with van der Waals surface area (Å²) in [6.07, 6.45) is 0. The van der Waals surface area contributed by atoms with E-state index in [0.29, 0.717) is 4.20 Å². The molecule has 138 valence electrons. The number of benzene rings is 5. The van der Waals surface area contributed by atoms with Gasteiger partial charge in [0, 0.05) is 0 Å². The lowest BCUT2D eigenvalue weighted by molar-refractivity contribution is 1.60. The first-order valence-electron chi connectivity index (χ1n) is 9.55. The standard InChI is InChI=1S/C27H18S2/c28-27(29)21-15-11-19(12-16-21)18-9-13-20(14-10-18)26-24-7-3-1-5-22(24)17-23-6-2-4-8-25(23)26/h1-17H,(H,28,29). The van der Waals surface area contributed by atoms with Gasteiger partial charge in [0.1, 0.15) is 0 Å². The minimum atomic E-state index is 0.620. The summed E-state index contributed by atoms with van der Waals surface area (Å²) >= 11 is 9.39. The summed E-state index contributed by atoms with van der Waals surface area (Å²) in [6.45, 7) is 0. The molecule has 0 heterocycles. The summed E-state index contributed by atoms with van der Waals surface area (Å²) in [4.78, 5) is 0. The van der Waals surface area contributed by atoms with E-state index in [1.165, 1.54) is 43.8 Å². The van der Waals surface area contributed by atoms with Crippen molar-refractivity contribution in [1.82, 2.24) is 0 Å². The molecule has 0 bridgehead atoms. The SMILES string of the molecule is S=C(S)c1ccc(-c2ccc(-c3c4ccccc4cc4ccccc34)cc2)cc1. The number of fused-ring (bicyclic) bond motifs is 2. The largest absolute Gasteiger partial charge is 0.131 e. The number of thiocarbonyl (C=S) groups is 1. The average molecular weight is 407 g/mol. The van der Waals surface area contributed by atoms with Crippen LogP contribution in [0, 0.1) is 0 Å². The van der Waals surface area contributed by atoms with Gasteiger partial charge in [0.05, 0.1) is 4.20 Å². The third-order valence-corrected chi connectivity index (χ3v) is 5.90. The number of thiol groups is 1. The van der Waals surface area contributed by atoms with Crippen LogP contribution in [0.3, 0.4) is 0 Å². The van der Waals surface area contributed by atoms with Crippen LogP contribution in [0.2, 0.25) is 0 Å². The topological polar surface area (TPSA) is 0 Å². The van der Waals surface area contributed by atoms with E-state index >= 15 is 0 Å². The fourth-order valence-corrected chi connectivity index (χ4v) is 4.24. The lowest BCUT2D eigenvalue weighted by atomic mass is 9.91. The second-order valence-corrected chi connectivity index (χ2v) is 8.31. The Morgan fingerprint density at radius 2 is 1.00 bits per heavy atom. The third kappa shape index (κ3) is 3.35. The van der Waals surface area contributed by atoms with Gasteiger partial charge in [-0.2, -0.15) is 0 Å². The van der Waals surface area contributed by atoms with Crippen molar-refractivity contribution < 1.29 is 0 Å². The van der Waals surface area contributed by atoms with Crippen LogP contribution in [0.15, 0.2) is 103 Å². The van der Waals surface area contributed by atoms with E-state index in [4.69, 9.17) is 12.2 Å². The summed E-state index contributed by atoms with van der Waals surface area (Å²) in [6, 6.07) is 36.6. The molecule has 0 aliphatic carbocycles. The maximum atomic E-state index is 5.13. The quantitative estimate of drug-likeness (QED) is 0.180. The van der Waals surface area contributed by atoms with Crippen molar-refractivity contribution in [2.45, 2.75) is 0 Å². The molecule has 0 nitrogen and oxygen atoms in total. The molecular formula is C27H18S2. The molecule has 2 heteroatoms. The third-order valence-electron chi connectivity index (χ3n) is 5.41. The second kappa shape index (κ2) is 7.47. The first-order valence-corrected chi connectivity index (χ1v) is 10.4. The molecule has 0 fully saturated rings. The minimum Gasteiger partial charge on any atom is -0.131 e. The molecule has 5 aromatic carbocycles. The first-order chi connectivity index (χ1) is 14.2. The van der Waals surface area contributed by atoms with Crippen LogP contribution >= 0.6 is 24.8 Å². The van der Waals surface area contributed by atoms with E-state index in [2.05, 4.69) is 104 Å². The Bertz CT molecular complexity index is 1290. The minimum absolute atomic E-state index is 0.620. The van der Waals surface area contributed by atoms with Crippen molar-refractivity contribution in [2.24, 2.45) is 0 Å². The fraction of sp³-hybridized carbons (Fsp3) is 0. The summed E-state index contributed by atoms with van der Waals surface area (Å²) in [7, 11) is 0. The molecule has 29 heavy (non-hydrogen) atoms. The molecule has 0 saturated heterocycles. The predicted molar refractivity (Wildman–Crippen MR) is 133 cm³/mol. The summed E-state index contributed by atoms with van der Waals surface area (Å²) in [5.74, 6) is 0. The molecule has 0 aliphatic rings. The Morgan fingerprint density at radius 3 is 1.52 bits per heavy atom. The first kappa shape index (κ1) is 18.1. The average Bonchev–Trinajstić information content (AvgIpc) is 2.77. The van der Waals surface area contributed by atoms with Crippen molar-refractivity contribution in [2.75, 3.05) is 0 Å². The molecule has 0 N–H and O–H groups in total. The van der Waals surface area contributed by atoms with Crippen LogP contribution in [-0.2, 0) is 0 Å². The predicted octanol–water partition coefficient (Wildman–Crippen LogP) is 7.93. The van der Waals surface area contributed by atoms with E-state index < -0.39 is 0 Å². The molecule has 5 aromatic rings. The highest BCUT2D eigenvalue weighted by Gasteiger charge is 2.10. The molecular weight excluding hydrogens is 388 g/mol. The van der Waals surface area contributed by atoms with E-state index in [1.54, 1.807) is 0 Å². The molecule has 0 unspecified atom stereocenters. The Morgan fingerprint density at radius 1 is 0.552 bits per heavy atom. The van der Waals surface area contributed by atoms with Gasteiger partial charge in [0.25, 0.3) is 0 Å². The summed E-state index contributed by atoms with van der Waals surface area (Å²) in [5.41, 5.74) is 5.87. The highest BCUT2D eigenvalue weighted by Crippen LogP contribution is 2.37. The second-order valence-electron chi connectivity index (χ2n) is 7.15. The lowest BCUT2D eigenvalue weighted by Gasteiger charge is -2.13. The maximum absolute atomic E-state index is 5.13. The number of hydrogen-bond donors (Lipinski definition) is 1. The highest BCUT2D eigenvalue weighted by atomic mass is 32.1. The molecule has 0 aromatic heterocycles. The zero-order chi connectivity index (χ0) is 19.8. The van der Waals surface area contributed by atoms with E-state index in [-0.39, 0.29) is 0 Å². The van der Waals surface area contributed by atoms with Gasteiger partial charge in [-0.05, 0) is 55.4 Å². The van der Waals surface area contributed by atoms with Gasteiger partial charge in [0.2, 0.25) is 0 Å². The maximum Gasteiger partial charge on any atom is 0.0747 e.